The van der Waals surface area contributed by atoms with Crippen molar-refractivity contribution in [3.05, 3.63) is 41.7 Å². The van der Waals surface area contributed by atoms with Crippen molar-refractivity contribution in [3.63, 3.8) is 0 Å². The fourth-order valence-electron chi connectivity index (χ4n) is 4.20. The number of pyridine rings is 2. The second kappa shape index (κ2) is 10.2. The molecule has 0 bridgehead atoms. The van der Waals surface area contributed by atoms with E-state index < -0.39 is 41.8 Å². The molecule has 2 aliphatic rings. The number of rotatable bonds is 7. The van der Waals surface area contributed by atoms with E-state index in [2.05, 4.69) is 20.3 Å². The molecule has 0 saturated carbocycles. The monoisotopic (exact) mass is 531 g/mol. The van der Waals surface area contributed by atoms with Crippen molar-refractivity contribution in [2.45, 2.75) is 38.7 Å². The number of halogens is 3. The Morgan fingerprint density at radius 1 is 1.18 bits per heavy atom. The Bertz CT molecular complexity index is 1330. The van der Waals surface area contributed by atoms with Crippen LogP contribution in [0.15, 0.2) is 35.5 Å². The van der Waals surface area contributed by atoms with Gasteiger partial charge in [0.2, 0.25) is 5.91 Å². The topological polar surface area (TPSA) is 128 Å². The lowest BCUT2D eigenvalue weighted by Gasteiger charge is -2.40. The molecule has 2 unspecified atom stereocenters. The number of nitrogens with one attached hydrogen (secondary N) is 1. The average Bonchev–Trinajstić information content (AvgIpc) is 3.25. The molecule has 4 rings (SSSR count). The first-order valence-corrected chi connectivity index (χ1v) is 11.5. The van der Waals surface area contributed by atoms with Crippen molar-refractivity contribution in [2.24, 2.45) is 4.99 Å². The van der Waals surface area contributed by atoms with Crippen molar-refractivity contribution in [2.75, 3.05) is 25.5 Å². The number of alkyl halides is 3. The highest BCUT2D eigenvalue weighted by Gasteiger charge is 2.49. The molecule has 0 spiro atoms. The first-order chi connectivity index (χ1) is 17.9. The Morgan fingerprint density at radius 3 is 2.61 bits per heavy atom. The van der Waals surface area contributed by atoms with Crippen LogP contribution >= 0.6 is 0 Å². The Labute approximate surface area is 215 Å². The Balaban J connectivity index is 1.47. The van der Waals surface area contributed by atoms with Gasteiger partial charge in [-0.25, -0.2) is 14.8 Å². The number of hydrogen-bond acceptors (Lipinski definition) is 8. The Kier molecular flexibility index (Phi) is 7.16. The van der Waals surface area contributed by atoms with Crippen LogP contribution in [0.5, 0.6) is 0 Å². The first-order valence-electron chi connectivity index (χ1n) is 11.5. The van der Waals surface area contributed by atoms with E-state index in [9.17, 15) is 32.3 Å². The lowest BCUT2D eigenvalue weighted by Crippen LogP contribution is -2.65. The quantitative estimate of drug-likeness (QED) is 0.581. The summed E-state index contributed by atoms with van der Waals surface area (Å²) in [6.45, 7) is 2.22. The molecule has 38 heavy (non-hydrogen) atoms. The predicted molar refractivity (Wildman–Crippen MR) is 129 cm³/mol. The number of fused-ring (bicyclic) bond motifs is 1. The molecule has 2 aromatic heterocycles. The number of likely N-dealkylation sites (N-methyl/N-ethyl adjacent to an activating group) is 1. The molecular formula is C24H24F3N7O4. The number of Topliss-reactive ketones (excluding diaryl/α,β-unsaturated/α-hetero) is 1. The van der Waals surface area contributed by atoms with E-state index in [0.29, 0.717) is 0 Å². The van der Waals surface area contributed by atoms with Crippen molar-refractivity contribution in [1.29, 1.82) is 0 Å². The van der Waals surface area contributed by atoms with Crippen molar-refractivity contribution < 1.29 is 32.3 Å². The lowest BCUT2D eigenvalue weighted by molar-refractivity contribution is -0.139. The van der Waals surface area contributed by atoms with Gasteiger partial charge in [-0.15, -0.1) is 0 Å². The van der Waals surface area contributed by atoms with Gasteiger partial charge in [0, 0.05) is 37.5 Å². The summed E-state index contributed by atoms with van der Waals surface area (Å²) in [7, 11) is 1.48. The van der Waals surface area contributed by atoms with Gasteiger partial charge in [0.15, 0.2) is 12.2 Å². The highest BCUT2D eigenvalue weighted by atomic mass is 19.4. The second-order valence-corrected chi connectivity index (χ2v) is 8.94. The number of ketones is 1. The molecule has 1 fully saturated rings. The van der Waals surface area contributed by atoms with Crippen LogP contribution in [-0.4, -0.2) is 87.0 Å². The van der Waals surface area contributed by atoms with Crippen LogP contribution in [0.25, 0.3) is 11.3 Å². The molecule has 1 saturated heterocycles. The highest BCUT2D eigenvalue weighted by Crippen LogP contribution is 2.33. The number of aliphatic imine (C=N–C) groups is 1. The summed E-state index contributed by atoms with van der Waals surface area (Å²) >= 11 is 0. The summed E-state index contributed by atoms with van der Waals surface area (Å²) in [6.07, 6.45) is -2.82. The van der Waals surface area contributed by atoms with E-state index >= 15 is 0 Å². The van der Waals surface area contributed by atoms with Gasteiger partial charge in [0.05, 0.1) is 24.1 Å². The van der Waals surface area contributed by atoms with Gasteiger partial charge in [-0.2, -0.15) is 13.2 Å². The number of aromatic nitrogens is 2. The molecule has 4 amide bonds. The number of urea groups is 1. The lowest BCUT2D eigenvalue weighted by atomic mass is 10.1. The third kappa shape index (κ3) is 5.33. The van der Waals surface area contributed by atoms with E-state index in [1.165, 1.54) is 61.4 Å². The third-order valence-electron chi connectivity index (χ3n) is 6.17. The van der Waals surface area contributed by atoms with Crippen molar-refractivity contribution in [1.82, 2.24) is 24.7 Å². The number of imide groups is 1. The number of carbonyl (C=O) groups excluding carboxylic acids is 4. The minimum atomic E-state index is -4.58. The number of nitrogens with zero attached hydrogens (tertiary/aromatic N) is 6. The van der Waals surface area contributed by atoms with Crippen LogP contribution < -0.4 is 5.32 Å². The summed E-state index contributed by atoms with van der Waals surface area (Å²) in [4.78, 5) is 65.7. The molecule has 11 nitrogen and oxygen atoms in total. The summed E-state index contributed by atoms with van der Waals surface area (Å²) in [5.74, 6) is -1.24. The van der Waals surface area contributed by atoms with Gasteiger partial charge < -0.3 is 15.1 Å². The largest absolute Gasteiger partial charge is 0.418 e. The van der Waals surface area contributed by atoms with Gasteiger partial charge in [0.1, 0.15) is 11.6 Å². The van der Waals surface area contributed by atoms with Gasteiger partial charge in [-0.1, -0.05) is 6.07 Å². The molecule has 4 heterocycles. The van der Waals surface area contributed by atoms with Crippen molar-refractivity contribution in [3.8, 4) is 11.3 Å². The molecule has 200 valence electrons. The SMILES string of the molecule is CC(=O)CCN1C(=O)C2C(N=CN2CC(=O)Nc2cccc(-c3cnc(C)c(C(F)(F)F)c3)n2)N(C)C1=O. The predicted octanol–water partition coefficient (Wildman–Crippen LogP) is 2.32. The molecule has 2 aromatic rings. The molecule has 0 radical (unpaired) electrons. The fraction of sp³-hybridized carbons (Fsp3) is 0.375. The van der Waals surface area contributed by atoms with Crippen LogP contribution in [-0.2, 0) is 20.6 Å². The average molecular weight is 531 g/mol. The summed E-state index contributed by atoms with van der Waals surface area (Å²) in [6, 6.07) is 3.90. The van der Waals surface area contributed by atoms with Gasteiger partial charge in [0.25, 0.3) is 5.91 Å². The number of hydrogen-bond donors (Lipinski definition) is 1. The summed E-state index contributed by atoms with van der Waals surface area (Å²) in [5.41, 5.74) is -0.750. The molecular weight excluding hydrogens is 507 g/mol. The number of carbonyl (C=O) groups is 4. The van der Waals surface area contributed by atoms with Crippen LogP contribution in [0.3, 0.4) is 0 Å². The van der Waals surface area contributed by atoms with E-state index in [0.717, 1.165) is 11.0 Å². The number of aryl methyl sites for hydroxylation is 1. The van der Waals surface area contributed by atoms with Gasteiger partial charge in [-0.05, 0) is 32.0 Å². The smallest absolute Gasteiger partial charge is 0.338 e. The molecule has 1 N–H and O–H groups in total. The minimum Gasteiger partial charge on any atom is -0.338 e. The number of anilines is 1. The zero-order valence-corrected chi connectivity index (χ0v) is 20.7. The van der Waals surface area contributed by atoms with E-state index in [1.54, 1.807) is 0 Å². The summed E-state index contributed by atoms with van der Waals surface area (Å²) < 4.78 is 39.9. The summed E-state index contributed by atoms with van der Waals surface area (Å²) in [5, 5.41) is 2.57. The standard InChI is InChI=1S/C24H24F3N7O4/c1-13(35)7-8-34-22(37)20-21(32(3)23(34)38)29-12-33(20)11-19(36)31-18-6-4-5-17(30-18)15-9-16(24(25,26)27)14(2)28-10-15/h4-6,9-10,12,20-21H,7-8,11H2,1-3H3,(H,30,31,36). The van der Waals surface area contributed by atoms with Crippen LogP contribution in [0.2, 0.25) is 0 Å². The highest BCUT2D eigenvalue weighted by molar-refractivity contribution is 6.03. The fourth-order valence-corrected chi connectivity index (χ4v) is 4.20. The molecule has 0 aliphatic carbocycles. The second-order valence-electron chi connectivity index (χ2n) is 8.94. The third-order valence-corrected chi connectivity index (χ3v) is 6.17. The van der Waals surface area contributed by atoms with Gasteiger partial charge in [-0.3, -0.25) is 24.3 Å². The molecule has 2 aliphatic heterocycles. The molecule has 0 aromatic carbocycles. The van der Waals surface area contributed by atoms with Crippen LogP contribution in [0.4, 0.5) is 23.8 Å². The maximum Gasteiger partial charge on any atom is 0.418 e. The molecule has 14 heteroatoms. The van der Waals surface area contributed by atoms with E-state index in [4.69, 9.17) is 0 Å². The number of amides is 4. The zero-order chi connectivity index (χ0) is 27.8. The normalized spacial score (nSPS) is 19.2. The van der Waals surface area contributed by atoms with E-state index in [1.807, 2.05) is 0 Å². The van der Waals surface area contributed by atoms with Crippen LogP contribution in [0, 0.1) is 6.92 Å². The molecule has 2 atom stereocenters. The maximum atomic E-state index is 13.3. The maximum absolute atomic E-state index is 13.3. The van der Waals surface area contributed by atoms with E-state index in [-0.39, 0.29) is 48.1 Å². The zero-order valence-electron chi connectivity index (χ0n) is 20.7. The first kappa shape index (κ1) is 26.7. The Morgan fingerprint density at radius 2 is 1.92 bits per heavy atom. The van der Waals surface area contributed by atoms with Crippen LogP contribution in [0.1, 0.15) is 24.6 Å². The van der Waals surface area contributed by atoms with Gasteiger partial charge >= 0.3 is 12.2 Å². The Hall–Kier alpha value is -4.36. The minimum absolute atomic E-state index is 0.00697. The van der Waals surface area contributed by atoms with Crippen molar-refractivity contribution >= 4 is 35.8 Å².